The third-order valence-electron chi connectivity index (χ3n) is 2.79. The molecule has 0 spiro atoms. The summed E-state index contributed by atoms with van der Waals surface area (Å²) in [6.45, 7) is 3.77. The van der Waals surface area contributed by atoms with E-state index >= 15 is 0 Å². The number of carbonyl (C=O) groups excluding carboxylic acids is 1. The van der Waals surface area contributed by atoms with E-state index in [2.05, 4.69) is 19.9 Å². The fourth-order valence-electron chi connectivity index (χ4n) is 1.61. The minimum Gasteiger partial charge on any atom is -0.465 e. The number of hydrogen-bond donors (Lipinski definition) is 2. The first kappa shape index (κ1) is 14.7. The van der Waals surface area contributed by atoms with E-state index in [1.165, 1.54) is 18.1 Å². The number of carbonyl (C=O) groups is 1. The number of esters is 1. The highest BCUT2D eigenvalue weighted by Crippen LogP contribution is 2.24. The summed E-state index contributed by atoms with van der Waals surface area (Å²) in [6, 6.07) is 0. The Hall–Kier alpha value is -1.67. The highest BCUT2D eigenvalue weighted by molar-refractivity contribution is 7.99. The molecule has 2 aromatic heterocycles. The van der Waals surface area contributed by atoms with Gasteiger partial charge in [-0.2, -0.15) is 0 Å². The zero-order chi connectivity index (χ0) is 14.6. The fourth-order valence-corrected chi connectivity index (χ4v) is 2.75. The van der Waals surface area contributed by atoms with Crippen molar-refractivity contribution in [1.29, 1.82) is 0 Å². The standard InChI is InChI=1S/C12H17N5O2S/c1-3-19-11(18)12(2,13)4-5-20-10-8-9(15-6-14-8)16-7-17-10/h6-7H,3-5,13H2,1-2H3,(H,14,15,16,17). The van der Waals surface area contributed by atoms with E-state index in [0.29, 0.717) is 24.4 Å². The Bertz CT molecular complexity index is 598. The summed E-state index contributed by atoms with van der Waals surface area (Å²) in [6.07, 6.45) is 3.55. The van der Waals surface area contributed by atoms with Crippen LogP contribution in [0.2, 0.25) is 0 Å². The third kappa shape index (κ3) is 3.26. The maximum atomic E-state index is 11.7. The molecule has 1 unspecified atom stereocenters. The van der Waals surface area contributed by atoms with Crippen LogP contribution in [0.3, 0.4) is 0 Å². The molecule has 0 aliphatic heterocycles. The van der Waals surface area contributed by atoms with Gasteiger partial charge in [-0.05, 0) is 20.3 Å². The second kappa shape index (κ2) is 6.19. The zero-order valence-electron chi connectivity index (χ0n) is 11.4. The van der Waals surface area contributed by atoms with Crippen molar-refractivity contribution in [2.24, 2.45) is 5.73 Å². The van der Waals surface area contributed by atoms with E-state index in [0.717, 1.165) is 10.5 Å². The van der Waals surface area contributed by atoms with Gasteiger partial charge in [-0.25, -0.2) is 15.0 Å². The first-order valence-corrected chi connectivity index (χ1v) is 7.26. The minimum absolute atomic E-state index is 0.333. The number of nitrogens with zero attached hydrogens (tertiary/aromatic N) is 3. The summed E-state index contributed by atoms with van der Waals surface area (Å²) in [5.41, 5.74) is 6.41. The number of rotatable bonds is 6. The molecule has 0 aliphatic carbocycles. The van der Waals surface area contributed by atoms with Crippen LogP contribution < -0.4 is 5.73 Å². The van der Waals surface area contributed by atoms with Gasteiger partial charge in [0.15, 0.2) is 5.65 Å². The maximum absolute atomic E-state index is 11.7. The summed E-state index contributed by atoms with van der Waals surface area (Å²) in [7, 11) is 0. The molecule has 0 aliphatic rings. The lowest BCUT2D eigenvalue weighted by atomic mass is 10.0. The molecule has 0 radical (unpaired) electrons. The van der Waals surface area contributed by atoms with Crippen LogP contribution in [0.15, 0.2) is 17.7 Å². The Morgan fingerprint density at radius 1 is 1.50 bits per heavy atom. The topological polar surface area (TPSA) is 107 Å². The number of ether oxygens (including phenoxy) is 1. The van der Waals surface area contributed by atoms with Crippen molar-refractivity contribution in [1.82, 2.24) is 19.9 Å². The van der Waals surface area contributed by atoms with Crippen LogP contribution in [0, 0.1) is 0 Å². The number of hydrogen-bond acceptors (Lipinski definition) is 7. The van der Waals surface area contributed by atoms with Crippen LogP contribution >= 0.6 is 11.8 Å². The molecule has 2 aromatic rings. The average molecular weight is 295 g/mol. The smallest absolute Gasteiger partial charge is 0.325 e. The van der Waals surface area contributed by atoms with Crippen molar-refractivity contribution in [2.45, 2.75) is 30.8 Å². The van der Waals surface area contributed by atoms with Crippen molar-refractivity contribution in [2.75, 3.05) is 12.4 Å². The number of H-pyrrole nitrogens is 1. The minimum atomic E-state index is -0.983. The Balaban J connectivity index is 1.96. The summed E-state index contributed by atoms with van der Waals surface area (Å²) in [5, 5.41) is 0.798. The van der Waals surface area contributed by atoms with Crippen molar-refractivity contribution in [3.8, 4) is 0 Å². The van der Waals surface area contributed by atoms with Gasteiger partial charge in [-0.3, -0.25) is 4.79 Å². The van der Waals surface area contributed by atoms with Gasteiger partial charge < -0.3 is 15.5 Å². The Morgan fingerprint density at radius 2 is 2.30 bits per heavy atom. The van der Waals surface area contributed by atoms with E-state index in [1.54, 1.807) is 20.2 Å². The summed E-state index contributed by atoms with van der Waals surface area (Å²) in [4.78, 5) is 27.0. The molecule has 20 heavy (non-hydrogen) atoms. The van der Waals surface area contributed by atoms with E-state index in [4.69, 9.17) is 10.5 Å². The normalized spacial score (nSPS) is 14.2. The van der Waals surface area contributed by atoms with Gasteiger partial charge in [-0.1, -0.05) is 0 Å². The Labute approximate surface area is 120 Å². The van der Waals surface area contributed by atoms with Gasteiger partial charge in [0.05, 0.1) is 12.9 Å². The highest BCUT2D eigenvalue weighted by atomic mass is 32.2. The Morgan fingerprint density at radius 3 is 3.05 bits per heavy atom. The number of thioether (sulfide) groups is 1. The molecule has 0 bridgehead atoms. The number of imidazole rings is 1. The van der Waals surface area contributed by atoms with Crippen LogP contribution in [0.5, 0.6) is 0 Å². The monoisotopic (exact) mass is 295 g/mol. The number of nitrogens with two attached hydrogens (primary N) is 1. The van der Waals surface area contributed by atoms with Crippen LogP contribution in [-0.4, -0.2) is 43.8 Å². The van der Waals surface area contributed by atoms with E-state index in [1.807, 2.05) is 0 Å². The molecule has 0 aromatic carbocycles. The number of aromatic amines is 1. The lowest BCUT2D eigenvalue weighted by Crippen LogP contribution is -2.46. The predicted molar refractivity (Wildman–Crippen MR) is 76.3 cm³/mol. The van der Waals surface area contributed by atoms with Gasteiger partial charge in [0.1, 0.15) is 22.4 Å². The Kier molecular flexibility index (Phi) is 4.56. The summed E-state index contributed by atoms with van der Waals surface area (Å²) >= 11 is 1.51. The highest BCUT2D eigenvalue weighted by Gasteiger charge is 2.29. The number of fused-ring (bicyclic) bond motifs is 1. The molecule has 8 heteroatoms. The molecule has 0 amide bonds. The van der Waals surface area contributed by atoms with Crippen LogP contribution in [0.1, 0.15) is 20.3 Å². The molecular weight excluding hydrogens is 278 g/mol. The van der Waals surface area contributed by atoms with Crippen molar-refractivity contribution < 1.29 is 9.53 Å². The average Bonchev–Trinajstić information content (AvgIpc) is 2.88. The number of aromatic nitrogens is 4. The first-order chi connectivity index (χ1) is 9.54. The molecule has 2 heterocycles. The maximum Gasteiger partial charge on any atom is 0.325 e. The van der Waals surface area contributed by atoms with Crippen molar-refractivity contribution >= 4 is 28.9 Å². The predicted octanol–water partition coefficient (Wildman–Crippen LogP) is 1.12. The molecular formula is C12H17N5O2S. The molecule has 1 atom stereocenters. The second-order valence-corrected chi connectivity index (χ2v) is 5.60. The van der Waals surface area contributed by atoms with Gasteiger partial charge in [-0.15, -0.1) is 11.8 Å². The third-order valence-corrected chi connectivity index (χ3v) is 3.78. The van der Waals surface area contributed by atoms with Gasteiger partial charge >= 0.3 is 5.97 Å². The van der Waals surface area contributed by atoms with E-state index in [-0.39, 0.29) is 5.97 Å². The van der Waals surface area contributed by atoms with E-state index < -0.39 is 5.54 Å². The molecule has 0 saturated heterocycles. The van der Waals surface area contributed by atoms with Crippen LogP contribution in [-0.2, 0) is 9.53 Å². The van der Waals surface area contributed by atoms with Gasteiger partial charge in [0.25, 0.3) is 0 Å². The van der Waals surface area contributed by atoms with E-state index in [9.17, 15) is 4.79 Å². The fraction of sp³-hybridized carbons (Fsp3) is 0.500. The van der Waals surface area contributed by atoms with Crippen molar-refractivity contribution in [3.05, 3.63) is 12.7 Å². The molecule has 3 N–H and O–H groups in total. The second-order valence-electron chi connectivity index (χ2n) is 4.52. The lowest BCUT2D eigenvalue weighted by Gasteiger charge is -2.21. The number of nitrogens with one attached hydrogen (secondary N) is 1. The van der Waals surface area contributed by atoms with Crippen molar-refractivity contribution in [3.63, 3.8) is 0 Å². The van der Waals surface area contributed by atoms with Gasteiger partial charge in [0.2, 0.25) is 0 Å². The largest absolute Gasteiger partial charge is 0.465 e. The quantitative estimate of drug-likeness (QED) is 0.467. The van der Waals surface area contributed by atoms with Crippen LogP contribution in [0.25, 0.3) is 11.2 Å². The molecule has 7 nitrogen and oxygen atoms in total. The molecule has 2 rings (SSSR count). The summed E-state index contributed by atoms with van der Waals surface area (Å²) < 4.78 is 4.95. The molecule has 0 saturated carbocycles. The first-order valence-electron chi connectivity index (χ1n) is 6.27. The summed E-state index contributed by atoms with van der Waals surface area (Å²) in [5.74, 6) is 0.270. The van der Waals surface area contributed by atoms with Gasteiger partial charge in [0, 0.05) is 5.75 Å². The van der Waals surface area contributed by atoms with Crippen LogP contribution in [0.4, 0.5) is 0 Å². The molecule has 108 valence electrons. The zero-order valence-corrected chi connectivity index (χ0v) is 12.2. The molecule has 0 fully saturated rings. The SMILES string of the molecule is CCOC(=O)C(C)(N)CCSc1ncnc2nc[nH]c12. The lowest BCUT2D eigenvalue weighted by molar-refractivity contribution is -0.149.